The topological polar surface area (TPSA) is 71.2 Å². The second-order valence-electron chi connectivity index (χ2n) is 5.17. The van der Waals surface area contributed by atoms with E-state index >= 15 is 0 Å². The van der Waals surface area contributed by atoms with Gasteiger partial charge in [0.15, 0.2) is 0 Å². The normalized spacial score (nSPS) is 10.8. The van der Waals surface area contributed by atoms with Gasteiger partial charge < -0.3 is 15.0 Å². The van der Waals surface area contributed by atoms with Crippen LogP contribution in [0.25, 0.3) is 10.9 Å². The number of pyridine rings is 1. The summed E-state index contributed by atoms with van der Waals surface area (Å²) in [4.78, 5) is 26.6. The first-order chi connectivity index (χ1) is 10.7. The van der Waals surface area contributed by atoms with Gasteiger partial charge in [0.1, 0.15) is 0 Å². The lowest BCUT2D eigenvalue weighted by Crippen LogP contribution is -2.27. The summed E-state index contributed by atoms with van der Waals surface area (Å²) in [5, 5.41) is 3.59. The number of unbranched alkanes of at least 4 members (excludes halogenated alkanes) is 1. The van der Waals surface area contributed by atoms with Gasteiger partial charge in [-0.3, -0.25) is 9.59 Å². The number of amides is 1. The molecule has 0 fully saturated rings. The Morgan fingerprint density at radius 1 is 1.23 bits per heavy atom. The number of carbonyl (C=O) groups is 1. The van der Waals surface area contributed by atoms with E-state index in [0.29, 0.717) is 24.2 Å². The van der Waals surface area contributed by atoms with Gasteiger partial charge in [-0.15, -0.1) is 0 Å². The molecule has 0 saturated carbocycles. The van der Waals surface area contributed by atoms with Crippen LogP contribution in [0.5, 0.6) is 0 Å². The van der Waals surface area contributed by atoms with Crippen LogP contribution in [-0.2, 0) is 4.74 Å². The average molecular weight is 302 g/mol. The zero-order chi connectivity index (χ0) is 15.8. The van der Waals surface area contributed by atoms with Crippen LogP contribution in [0.4, 0.5) is 0 Å². The highest BCUT2D eigenvalue weighted by Crippen LogP contribution is 2.14. The zero-order valence-electron chi connectivity index (χ0n) is 12.9. The van der Waals surface area contributed by atoms with Crippen molar-refractivity contribution in [1.82, 2.24) is 10.3 Å². The van der Waals surface area contributed by atoms with E-state index in [1.165, 1.54) is 6.07 Å². The van der Waals surface area contributed by atoms with Gasteiger partial charge >= 0.3 is 0 Å². The highest BCUT2D eigenvalue weighted by Gasteiger charge is 2.10. The third-order valence-corrected chi connectivity index (χ3v) is 3.39. The Bertz CT molecular complexity index is 679. The molecule has 0 atom stereocenters. The molecule has 0 bridgehead atoms. The molecular weight excluding hydrogens is 280 g/mol. The fourth-order valence-corrected chi connectivity index (χ4v) is 2.21. The van der Waals surface area contributed by atoms with Crippen LogP contribution in [0.15, 0.2) is 35.1 Å². The summed E-state index contributed by atoms with van der Waals surface area (Å²) >= 11 is 0. The van der Waals surface area contributed by atoms with Crippen LogP contribution in [0.2, 0.25) is 0 Å². The average Bonchev–Trinajstić information content (AvgIpc) is 2.53. The number of hydrogen-bond acceptors (Lipinski definition) is 3. The molecule has 0 aliphatic heterocycles. The summed E-state index contributed by atoms with van der Waals surface area (Å²) in [6, 6.07) is 8.63. The van der Waals surface area contributed by atoms with Crippen LogP contribution in [0, 0.1) is 0 Å². The van der Waals surface area contributed by atoms with Crippen molar-refractivity contribution in [2.75, 3.05) is 19.8 Å². The lowest BCUT2D eigenvalue weighted by molar-refractivity contribution is 0.0942. The molecule has 0 aliphatic carbocycles. The number of ether oxygens (including phenoxy) is 1. The number of rotatable bonds is 8. The largest absolute Gasteiger partial charge is 0.381 e. The molecule has 1 aromatic carbocycles. The summed E-state index contributed by atoms with van der Waals surface area (Å²) < 4.78 is 5.44. The van der Waals surface area contributed by atoms with Gasteiger partial charge in [-0.2, -0.15) is 0 Å². The molecule has 2 rings (SSSR count). The first-order valence-corrected chi connectivity index (χ1v) is 7.70. The maximum Gasteiger partial charge on any atom is 0.252 e. The van der Waals surface area contributed by atoms with Gasteiger partial charge in [0.25, 0.3) is 5.91 Å². The number of carbonyl (C=O) groups excluding carboxylic acids is 1. The van der Waals surface area contributed by atoms with E-state index in [0.717, 1.165) is 31.3 Å². The van der Waals surface area contributed by atoms with Crippen molar-refractivity contribution < 1.29 is 9.53 Å². The first-order valence-electron chi connectivity index (χ1n) is 7.70. The Hall–Kier alpha value is -2.14. The molecular formula is C17H22N2O3. The molecule has 2 N–H and O–H groups in total. The highest BCUT2D eigenvalue weighted by molar-refractivity contribution is 6.05. The molecule has 0 spiro atoms. The molecule has 5 heteroatoms. The smallest absolute Gasteiger partial charge is 0.252 e. The fourth-order valence-electron chi connectivity index (χ4n) is 2.21. The lowest BCUT2D eigenvalue weighted by Gasteiger charge is -2.08. The van der Waals surface area contributed by atoms with Crippen LogP contribution >= 0.6 is 0 Å². The maximum absolute atomic E-state index is 12.2. The second kappa shape index (κ2) is 8.34. The van der Waals surface area contributed by atoms with E-state index in [1.807, 2.05) is 18.2 Å². The predicted molar refractivity (Wildman–Crippen MR) is 87.2 cm³/mol. The monoisotopic (exact) mass is 302 g/mol. The number of H-pyrrole nitrogens is 1. The summed E-state index contributed by atoms with van der Waals surface area (Å²) in [5.41, 5.74) is 0.807. The van der Waals surface area contributed by atoms with Gasteiger partial charge in [-0.1, -0.05) is 31.5 Å². The van der Waals surface area contributed by atoms with Crippen LogP contribution < -0.4 is 10.9 Å². The van der Waals surface area contributed by atoms with E-state index in [9.17, 15) is 9.59 Å². The van der Waals surface area contributed by atoms with Gasteiger partial charge in [0.2, 0.25) is 5.56 Å². The Kier molecular flexibility index (Phi) is 6.15. The van der Waals surface area contributed by atoms with Crippen molar-refractivity contribution >= 4 is 16.8 Å². The van der Waals surface area contributed by atoms with Crippen molar-refractivity contribution in [1.29, 1.82) is 0 Å². The van der Waals surface area contributed by atoms with E-state index in [1.54, 1.807) is 6.07 Å². The zero-order valence-corrected chi connectivity index (χ0v) is 12.9. The molecule has 2 aromatic rings. The summed E-state index contributed by atoms with van der Waals surface area (Å²) in [5.74, 6) is -0.226. The number of fused-ring (bicyclic) bond motifs is 1. The molecule has 0 saturated heterocycles. The van der Waals surface area contributed by atoms with Gasteiger partial charge in [0, 0.05) is 36.7 Å². The minimum absolute atomic E-state index is 0.226. The minimum Gasteiger partial charge on any atom is -0.381 e. The predicted octanol–water partition coefficient (Wildman–Crippen LogP) is 2.46. The number of benzene rings is 1. The molecule has 5 nitrogen and oxygen atoms in total. The lowest BCUT2D eigenvalue weighted by atomic mass is 10.1. The van der Waals surface area contributed by atoms with Crippen molar-refractivity contribution in [2.24, 2.45) is 0 Å². The van der Waals surface area contributed by atoms with E-state index in [4.69, 9.17) is 4.74 Å². The van der Waals surface area contributed by atoms with Gasteiger partial charge in [0.05, 0.1) is 5.56 Å². The van der Waals surface area contributed by atoms with Crippen LogP contribution in [-0.4, -0.2) is 30.6 Å². The Balaban J connectivity index is 1.92. The Morgan fingerprint density at radius 2 is 2.00 bits per heavy atom. The Morgan fingerprint density at radius 3 is 2.82 bits per heavy atom. The van der Waals surface area contributed by atoms with Crippen LogP contribution in [0.1, 0.15) is 36.5 Å². The fraction of sp³-hybridized carbons (Fsp3) is 0.412. The van der Waals surface area contributed by atoms with Gasteiger partial charge in [-0.05, 0) is 18.9 Å². The number of aromatic nitrogens is 1. The molecule has 0 unspecified atom stereocenters. The molecule has 118 valence electrons. The van der Waals surface area contributed by atoms with Crippen molar-refractivity contribution in [3.63, 3.8) is 0 Å². The molecule has 0 aliphatic rings. The molecule has 22 heavy (non-hydrogen) atoms. The van der Waals surface area contributed by atoms with E-state index < -0.39 is 0 Å². The quantitative estimate of drug-likeness (QED) is 0.736. The standard InChI is InChI=1S/C17H22N2O3/c1-2-3-10-22-11-6-9-18-17(21)14-12-16(20)19-15-8-5-4-7-13(14)15/h4-5,7-8,12H,2-3,6,9-11H2,1H3,(H,18,21)(H,19,20). The minimum atomic E-state index is -0.272. The van der Waals surface area contributed by atoms with E-state index in [2.05, 4.69) is 17.2 Å². The third-order valence-electron chi connectivity index (χ3n) is 3.39. The molecule has 1 aromatic heterocycles. The number of aromatic amines is 1. The SMILES string of the molecule is CCCCOCCCNC(=O)c1cc(=O)[nH]c2ccccc12. The molecule has 1 heterocycles. The summed E-state index contributed by atoms with van der Waals surface area (Å²) in [6.07, 6.45) is 2.94. The number of hydrogen-bond donors (Lipinski definition) is 2. The molecule has 0 radical (unpaired) electrons. The third kappa shape index (κ3) is 4.43. The van der Waals surface area contributed by atoms with Crippen molar-refractivity contribution in [3.8, 4) is 0 Å². The maximum atomic E-state index is 12.2. The van der Waals surface area contributed by atoms with Gasteiger partial charge in [-0.25, -0.2) is 0 Å². The number of para-hydroxylation sites is 1. The second-order valence-corrected chi connectivity index (χ2v) is 5.17. The summed E-state index contributed by atoms with van der Waals surface area (Å²) in [6.45, 7) is 4.06. The van der Waals surface area contributed by atoms with E-state index in [-0.39, 0.29) is 11.5 Å². The first kappa shape index (κ1) is 16.2. The summed E-state index contributed by atoms with van der Waals surface area (Å²) in [7, 11) is 0. The Labute approximate surface area is 129 Å². The van der Waals surface area contributed by atoms with Crippen molar-refractivity contribution in [3.05, 3.63) is 46.2 Å². The van der Waals surface area contributed by atoms with Crippen molar-refractivity contribution in [2.45, 2.75) is 26.2 Å². The highest BCUT2D eigenvalue weighted by atomic mass is 16.5. The van der Waals surface area contributed by atoms with Crippen LogP contribution in [0.3, 0.4) is 0 Å². The molecule has 1 amide bonds. The number of nitrogens with one attached hydrogen (secondary N) is 2.